The maximum Gasteiger partial charge on any atom is 0.234 e. The van der Waals surface area contributed by atoms with Crippen molar-refractivity contribution in [1.29, 1.82) is 0 Å². The van der Waals surface area contributed by atoms with Gasteiger partial charge in [0.1, 0.15) is 0 Å². The van der Waals surface area contributed by atoms with Crippen molar-refractivity contribution < 1.29 is 4.79 Å². The zero-order chi connectivity index (χ0) is 11.4. The van der Waals surface area contributed by atoms with Gasteiger partial charge < -0.3 is 10.6 Å². The first-order valence-electron chi connectivity index (χ1n) is 6.74. The van der Waals surface area contributed by atoms with E-state index in [4.69, 9.17) is 0 Å². The van der Waals surface area contributed by atoms with Gasteiger partial charge in [-0.15, -0.1) is 0 Å². The molecule has 2 N–H and O–H groups in total. The smallest absolute Gasteiger partial charge is 0.234 e. The lowest BCUT2D eigenvalue weighted by atomic mass is 9.87. The van der Waals surface area contributed by atoms with Crippen LogP contribution in [0, 0.1) is 11.8 Å². The van der Waals surface area contributed by atoms with E-state index in [0.29, 0.717) is 12.6 Å². The average molecular weight is 224 g/mol. The van der Waals surface area contributed by atoms with Crippen LogP contribution in [-0.4, -0.2) is 25.0 Å². The van der Waals surface area contributed by atoms with Crippen LogP contribution in [0.15, 0.2) is 0 Å². The first-order chi connectivity index (χ1) is 7.74. The minimum atomic E-state index is 0.181. The van der Waals surface area contributed by atoms with Crippen molar-refractivity contribution >= 4 is 5.91 Å². The van der Waals surface area contributed by atoms with Gasteiger partial charge in [0.05, 0.1) is 6.54 Å². The van der Waals surface area contributed by atoms with Gasteiger partial charge in [-0.1, -0.05) is 6.92 Å². The standard InChI is InChI=1S/C13H24N2O/c1-10-2-6-12(7-3-10)15-13(16)9-14-8-11-4-5-11/h10-12,14H,2-9H2,1H3,(H,15,16). The SMILES string of the molecule is CC1CCC(NC(=O)CNCC2CC2)CC1. The highest BCUT2D eigenvalue weighted by Gasteiger charge is 2.22. The molecule has 0 spiro atoms. The van der Waals surface area contributed by atoms with Crippen LogP contribution in [0.1, 0.15) is 45.4 Å². The second-order valence-electron chi connectivity index (χ2n) is 5.60. The van der Waals surface area contributed by atoms with Crippen molar-refractivity contribution in [2.24, 2.45) is 11.8 Å². The lowest BCUT2D eigenvalue weighted by Gasteiger charge is -2.26. The van der Waals surface area contributed by atoms with Gasteiger partial charge in [-0.3, -0.25) is 4.79 Å². The predicted molar refractivity (Wildman–Crippen MR) is 65.2 cm³/mol. The highest BCUT2D eigenvalue weighted by molar-refractivity contribution is 5.78. The third kappa shape index (κ3) is 4.12. The van der Waals surface area contributed by atoms with Crippen LogP contribution in [0.3, 0.4) is 0 Å². The van der Waals surface area contributed by atoms with E-state index in [1.54, 1.807) is 0 Å². The normalized spacial score (nSPS) is 30.1. The van der Waals surface area contributed by atoms with Crippen molar-refractivity contribution in [3.8, 4) is 0 Å². The number of carbonyl (C=O) groups is 1. The summed E-state index contributed by atoms with van der Waals surface area (Å²) in [6.07, 6.45) is 7.54. The van der Waals surface area contributed by atoms with Crippen molar-refractivity contribution in [3.05, 3.63) is 0 Å². The Hall–Kier alpha value is -0.570. The molecule has 0 aromatic carbocycles. The summed E-state index contributed by atoms with van der Waals surface area (Å²) < 4.78 is 0. The second kappa shape index (κ2) is 5.67. The van der Waals surface area contributed by atoms with Gasteiger partial charge in [-0.2, -0.15) is 0 Å². The van der Waals surface area contributed by atoms with E-state index < -0.39 is 0 Å². The van der Waals surface area contributed by atoms with Gasteiger partial charge in [0.15, 0.2) is 0 Å². The molecular formula is C13H24N2O. The highest BCUT2D eigenvalue weighted by atomic mass is 16.1. The monoisotopic (exact) mass is 224 g/mol. The van der Waals surface area contributed by atoms with Crippen molar-refractivity contribution in [1.82, 2.24) is 10.6 Å². The molecule has 92 valence electrons. The molecule has 0 aromatic rings. The number of nitrogens with one attached hydrogen (secondary N) is 2. The molecule has 0 saturated heterocycles. The Labute approximate surface area is 98.4 Å². The lowest BCUT2D eigenvalue weighted by molar-refractivity contribution is -0.121. The van der Waals surface area contributed by atoms with E-state index in [1.165, 1.54) is 25.7 Å². The number of hydrogen-bond donors (Lipinski definition) is 2. The summed E-state index contributed by atoms with van der Waals surface area (Å²) in [5, 5.41) is 6.37. The van der Waals surface area contributed by atoms with Crippen LogP contribution in [-0.2, 0) is 4.79 Å². The molecule has 3 nitrogen and oxygen atoms in total. The molecule has 2 rings (SSSR count). The van der Waals surface area contributed by atoms with Crippen LogP contribution in [0.4, 0.5) is 0 Å². The van der Waals surface area contributed by atoms with Gasteiger partial charge in [0, 0.05) is 6.04 Å². The third-order valence-corrected chi connectivity index (χ3v) is 3.80. The number of rotatable bonds is 5. The maximum absolute atomic E-state index is 11.6. The largest absolute Gasteiger partial charge is 0.352 e. The fraction of sp³-hybridized carbons (Fsp3) is 0.923. The van der Waals surface area contributed by atoms with Gasteiger partial charge >= 0.3 is 0 Å². The topological polar surface area (TPSA) is 41.1 Å². The summed E-state index contributed by atoms with van der Waals surface area (Å²) in [5.74, 6) is 1.88. The van der Waals surface area contributed by atoms with E-state index in [2.05, 4.69) is 17.6 Å². The van der Waals surface area contributed by atoms with Crippen LogP contribution < -0.4 is 10.6 Å². The molecule has 2 fully saturated rings. The predicted octanol–water partition coefficient (Wildman–Crippen LogP) is 1.68. The van der Waals surface area contributed by atoms with E-state index >= 15 is 0 Å². The van der Waals surface area contributed by atoms with Gasteiger partial charge in [-0.05, 0) is 56.9 Å². The Morgan fingerprint density at radius 3 is 2.44 bits per heavy atom. The molecule has 2 aliphatic carbocycles. The van der Waals surface area contributed by atoms with Gasteiger partial charge in [-0.25, -0.2) is 0 Å². The third-order valence-electron chi connectivity index (χ3n) is 3.80. The summed E-state index contributed by atoms with van der Waals surface area (Å²) in [6.45, 7) is 3.83. The van der Waals surface area contributed by atoms with E-state index in [-0.39, 0.29) is 5.91 Å². The molecule has 0 atom stereocenters. The molecule has 2 aliphatic rings. The molecule has 0 aromatic heterocycles. The van der Waals surface area contributed by atoms with E-state index in [0.717, 1.165) is 31.2 Å². The summed E-state index contributed by atoms with van der Waals surface area (Å²) in [7, 11) is 0. The number of carbonyl (C=O) groups excluding carboxylic acids is 1. The Kier molecular flexibility index (Phi) is 4.22. The molecule has 0 bridgehead atoms. The van der Waals surface area contributed by atoms with Crippen LogP contribution in [0.5, 0.6) is 0 Å². The Morgan fingerprint density at radius 2 is 1.81 bits per heavy atom. The minimum Gasteiger partial charge on any atom is -0.352 e. The first-order valence-corrected chi connectivity index (χ1v) is 6.74. The van der Waals surface area contributed by atoms with Crippen LogP contribution in [0.25, 0.3) is 0 Å². The summed E-state index contributed by atoms with van der Waals surface area (Å²) in [6, 6.07) is 0.437. The molecule has 0 unspecified atom stereocenters. The quantitative estimate of drug-likeness (QED) is 0.746. The first kappa shape index (κ1) is 11.9. The summed E-state index contributed by atoms with van der Waals surface area (Å²) >= 11 is 0. The van der Waals surface area contributed by atoms with Gasteiger partial charge in [0.25, 0.3) is 0 Å². The van der Waals surface area contributed by atoms with Crippen molar-refractivity contribution in [2.75, 3.05) is 13.1 Å². The Balaban J connectivity index is 1.55. The fourth-order valence-electron chi connectivity index (χ4n) is 2.39. The fourth-order valence-corrected chi connectivity index (χ4v) is 2.39. The summed E-state index contributed by atoms with van der Waals surface area (Å²) in [4.78, 5) is 11.6. The minimum absolute atomic E-state index is 0.181. The zero-order valence-electron chi connectivity index (χ0n) is 10.3. The molecule has 0 aliphatic heterocycles. The maximum atomic E-state index is 11.6. The summed E-state index contributed by atoms with van der Waals surface area (Å²) in [5.41, 5.74) is 0. The zero-order valence-corrected chi connectivity index (χ0v) is 10.3. The molecule has 16 heavy (non-hydrogen) atoms. The highest BCUT2D eigenvalue weighted by Crippen LogP contribution is 2.27. The number of amides is 1. The van der Waals surface area contributed by atoms with Gasteiger partial charge in [0.2, 0.25) is 5.91 Å². The molecule has 3 heteroatoms. The molecular weight excluding hydrogens is 200 g/mol. The van der Waals surface area contributed by atoms with E-state index in [1.807, 2.05) is 0 Å². The molecule has 0 radical (unpaired) electrons. The molecule has 1 amide bonds. The Bertz CT molecular complexity index is 230. The van der Waals surface area contributed by atoms with Crippen molar-refractivity contribution in [2.45, 2.75) is 51.5 Å². The average Bonchev–Trinajstić information content (AvgIpc) is 3.05. The van der Waals surface area contributed by atoms with Crippen LogP contribution >= 0.6 is 0 Å². The molecule has 2 saturated carbocycles. The molecule has 0 heterocycles. The van der Waals surface area contributed by atoms with Crippen LogP contribution in [0.2, 0.25) is 0 Å². The Morgan fingerprint density at radius 1 is 1.12 bits per heavy atom. The number of hydrogen-bond acceptors (Lipinski definition) is 2. The van der Waals surface area contributed by atoms with Crippen molar-refractivity contribution in [3.63, 3.8) is 0 Å². The van der Waals surface area contributed by atoms with E-state index in [9.17, 15) is 4.79 Å². The lowest BCUT2D eigenvalue weighted by Crippen LogP contribution is -2.42. The second-order valence-corrected chi connectivity index (χ2v) is 5.60.